The first-order chi connectivity index (χ1) is 14.5. The molecule has 7 heteroatoms. The third-order valence-corrected chi connectivity index (χ3v) is 7.74. The second-order valence-electron chi connectivity index (χ2n) is 8.55. The van der Waals surface area contributed by atoms with Crippen LogP contribution in [0.2, 0.25) is 0 Å². The van der Waals surface area contributed by atoms with Crippen molar-refractivity contribution in [3.05, 3.63) is 53.7 Å². The minimum atomic E-state index is 0.182. The van der Waals surface area contributed by atoms with Crippen molar-refractivity contribution in [2.24, 2.45) is 5.41 Å². The van der Waals surface area contributed by atoms with Gasteiger partial charge in [0.05, 0.1) is 5.69 Å². The molecule has 2 fully saturated rings. The van der Waals surface area contributed by atoms with E-state index in [1.165, 1.54) is 56.1 Å². The molecule has 0 amide bonds. The number of likely N-dealkylation sites (tertiary alicyclic amines) is 1. The molecule has 1 aromatic carbocycles. The Bertz CT molecular complexity index is 888. The number of oxazole rings is 1. The molecule has 2 aromatic rings. The fraction of sp³-hybridized carbons (Fsp3) is 0.522. The van der Waals surface area contributed by atoms with Crippen LogP contribution >= 0.6 is 11.8 Å². The Morgan fingerprint density at radius 1 is 1.27 bits per heavy atom. The van der Waals surface area contributed by atoms with Crippen LogP contribution in [-0.2, 0) is 0 Å². The van der Waals surface area contributed by atoms with Gasteiger partial charge in [0.25, 0.3) is 0 Å². The van der Waals surface area contributed by atoms with Crippen LogP contribution < -0.4 is 0 Å². The molecular weight excluding hydrogens is 394 g/mol. The zero-order chi connectivity index (χ0) is 21.1. The SMILES string of the molecule is Cc1ncoc1C(=N)N(C)C(=N)SCCCN1CCC2(CC1)CC2c1ccccc1. The average Bonchev–Trinajstić information content (AvgIpc) is 3.30. The minimum Gasteiger partial charge on any atom is -0.440 e. The van der Waals surface area contributed by atoms with E-state index in [9.17, 15) is 0 Å². The molecule has 2 heterocycles. The monoisotopic (exact) mass is 425 g/mol. The van der Waals surface area contributed by atoms with Gasteiger partial charge in [-0.25, -0.2) is 4.98 Å². The quantitative estimate of drug-likeness (QED) is 0.403. The van der Waals surface area contributed by atoms with Gasteiger partial charge >= 0.3 is 0 Å². The van der Waals surface area contributed by atoms with Gasteiger partial charge in [-0.15, -0.1) is 0 Å². The van der Waals surface area contributed by atoms with Crippen LogP contribution in [0.5, 0.6) is 0 Å². The van der Waals surface area contributed by atoms with Crippen LogP contribution in [0.1, 0.15) is 48.6 Å². The third kappa shape index (κ3) is 4.47. The standard InChI is InChI=1S/C23H31N5OS/c1-17-20(29-16-26-17)21(24)27(2)22(25)30-14-6-11-28-12-9-23(10-13-28)15-19(23)18-7-4-3-5-8-18/h3-5,7-8,16,19,24-25H,6,9-15H2,1-2H3. The topological polar surface area (TPSA) is 80.2 Å². The van der Waals surface area contributed by atoms with Crippen LogP contribution in [0.15, 0.2) is 41.1 Å². The lowest BCUT2D eigenvalue weighted by Gasteiger charge is -2.33. The summed E-state index contributed by atoms with van der Waals surface area (Å²) < 4.78 is 5.27. The number of piperidine rings is 1. The Morgan fingerprint density at radius 3 is 2.67 bits per heavy atom. The first kappa shape index (κ1) is 21.1. The number of hydrogen-bond donors (Lipinski definition) is 2. The van der Waals surface area contributed by atoms with E-state index in [1.807, 2.05) is 6.92 Å². The maximum atomic E-state index is 8.26. The largest absolute Gasteiger partial charge is 0.440 e. The highest BCUT2D eigenvalue weighted by Gasteiger charge is 2.54. The molecule has 4 rings (SSSR count). The Morgan fingerprint density at radius 2 is 2.00 bits per heavy atom. The van der Waals surface area contributed by atoms with Gasteiger partial charge < -0.3 is 14.2 Å². The Labute approximate surface area is 183 Å². The van der Waals surface area contributed by atoms with Gasteiger partial charge in [0.1, 0.15) is 0 Å². The van der Waals surface area contributed by atoms with Crippen LogP contribution in [-0.4, -0.2) is 58.2 Å². The van der Waals surface area contributed by atoms with Crippen LogP contribution in [0.25, 0.3) is 0 Å². The number of amidine groups is 2. The van der Waals surface area contributed by atoms with Crippen LogP contribution in [0, 0.1) is 23.2 Å². The lowest BCUT2D eigenvalue weighted by Crippen LogP contribution is -2.36. The second-order valence-corrected chi connectivity index (χ2v) is 9.64. The first-order valence-corrected chi connectivity index (χ1v) is 11.7. The third-order valence-electron chi connectivity index (χ3n) is 6.70. The number of aromatic nitrogens is 1. The summed E-state index contributed by atoms with van der Waals surface area (Å²) in [6, 6.07) is 11.0. The summed E-state index contributed by atoms with van der Waals surface area (Å²) in [6.45, 7) is 5.29. The Kier molecular flexibility index (Phi) is 6.29. The van der Waals surface area contributed by atoms with E-state index in [2.05, 4.69) is 40.2 Å². The van der Waals surface area contributed by atoms with E-state index >= 15 is 0 Å². The Balaban J connectivity index is 1.15. The number of nitrogens with one attached hydrogen (secondary N) is 2. The number of benzene rings is 1. The van der Waals surface area contributed by atoms with Crippen molar-refractivity contribution in [2.75, 3.05) is 32.4 Å². The van der Waals surface area contributed by atoms with E-state index in [0.29, 0.717) is 22.0 Å². The first-order valence-electron chi connectivity index (χ1n) is 10.7. The van der Waals surface area contributed by atoms with Crippen molar-refractivity contribution in [3.63, 3.8) is 0 Å². The predicted molar refractivity (Wildman–Crippen MR) is 123 cm³/mol. The molecule has 0 radical (unpaired) electrons. The lowest BCUT2D eigenvalue weighted by molar-refractivity contribution is 0.170. The van der Waals surface area contributed by atoms with Crippen LogP contribution in [0.4, 0.5) is 0 Å². The van der Waals surface area contributed by atoms with Crippen molar-refractivity contribution in [1.29, 1.82) is 10.8 Å². The predicted octanol–water partition coefficient (Wildman–Crippen LogP) is 4.57. The smallest absolute Gasteiger partial charge is 0.192 e. The second kappa shape index (κ2) is 8.94. The van der Waals surface area contributed by atoms with E-state index in [0.717, 1.165) is 24.6 Å². The van der Waals surface area contributed by atoms with E-state index < -0.39 is 0 Å². The van der Waals surface area contributed by atoms with E-state index in [-0.39, 0.29) is 5.84 Å². The molecule has 2 aliphatic rings. The normalized spacial score (nSPS) is 20.3. The van der Waals surface area contributed by atoms with Crippen molar-refractivity contribution in [1.82, 2.24) is 14.8 Å². The van der Waals surface area contributed by atoms with Gasteiger partial charge in [0.15, 0.2) is 23.2 Å². The minimum absolute atomic E-state index is 0.182. The summed E-state index contributed by atoms with van der Waals surface area (Å²) in [5, 5.41) is 16.8. The molecule has 0 bridgehead atoms. The van der Waals surface area contributed by atoms with E-state index in [4.69, 9.17) is 15.2 Å². The molecule has 1 spiro atoms. The molecule has 1 saturated carbocycles. The van der Waals surface area contributed by atoms with Crippen molar-refractivity contribution < 1.29 is 4.42 Å². The maximum absolute atomic E-state index is 8.26. The molecule has 1 unspecified atom stereocenters. The fourth-order valence-corrected chi connectivity index (χ4v) is 5.37. The van der Waals surface area contributed by atoms with Gasteiger partial charge in [0, 0.05) is 12.8 Å². The highest BCUT2D eigenvalue weighted by Crippen LogP contribution is 2.64. The molecule has 1 aliphatic carbocycles. The summed E-state index contributed by atoms with van der Waals surface area (Å²) >= 11 is 1.49. The molecule has 1 atom stereocenters. The average molecular weight is 426 g/mol. The summed E-state index contributed by atoms with van der Waals surface area (Å²) in [5.41, 5.74) is 2.77. The molecule has 1 aliphatic heterocycles. The number of hydrogen-bond acceptors (Lipinski definition) is 6. The number of aryl methyl sites for hydroxylation is 1. The maximum Gasteiger partial charge on any atom is 0.192 e. The molecule has 160 valence electrons. The number of thioether (sulfide) groups is 1. The highest BCUT2D eigenvalue weighted by atomic mass is 32.2. The van der Waals surface area contributed by atoms with E-state index in [1.54, 1.807) is 11.9 Å². The summed E-state index contributed by atoms with van der Waals surface area (Å²) in [4.78, 5) is 8.16. The lowest BCUT2D eigenvalue weighted by atomic mass is 9.88. The van der Waals surface area contributed by atoms with Crippen molar-refractivity contribution in [2.45, 2.75) is 38.5 Å². The van der Waals surface area contributed by atoms with Gasteiger partial charge in [-0.1, -0.05) is 42.1 Å². The molecule has 6 nitrogen and oxygen atoms in total. The van der Waals surface area contributed by atoms with Gasteiger partial charge in [0.2, 0.25) is 0 Å². The number of rotatable bonds is 6. The molecule has 1 aromatic heterocycles. The fourth-order valence-electron chi connectivity index (χ4n) is 4.62. The van der Waals surface area contributed by atoms with Crippen molar-refractivity contribution >= 4 is 22.8 Å². The van der Waals surface area contributed by atoms with Gasteiger partial charge in [-0.2, -0.15) is 0 Å². The Hall–Kier alpha value is -2.12. The number of nitrogens with zero attached hydrogens (tertiary/aromatic N) is 3. The van der Waals surface area contributed by atoms with Gasteiger partial charge in [-0.3, -0.25) is 10.8 Å². The van der Waals surface area contributed by atoms with Crippen LogP contribution in [0.3, 0.4) is 0 Å². The zero-order valence-electron chi connectivity index (χ0n) is 17.9. The van der Waals surface area contributed by atoms with Crippen molar-refractivity contribution in [3.8, 4) is 0 Å². The summed E-state index contributed by atoms with van der Waals surface area (Å²) in [6.07, 6.45) is 6.39. The molecule has 1 saturated heterocycles. The molecule has 2 N–H and O–H groups in total. The highest BCUT2D eigenvalue weighted by molar-refractivity contribution is 8.13. The zero-order valence-corrected chi connectivity index (χ0v) is 18.7. The molecule has 30 heavy (non-hydrogen) atoms. The molecular formula is C23H31N5OS. The summed E-state index contributed by atoms with van der Waals surface area (Å²) in [5.74, 6) is 2.27. The van der Waals surface area contributed by atoms with Gasteiger partial charge in [-0.05, 0) is 69.1 Å². The summed E-state index contributed by atoms with van der Waals surface area (Å²) in [7, 11) is 1.74.